The summed E-state index contributed by atoms with van der Waals surface area (Å²) in [6, 6.07) is 7.63. The number of aromatic nitrogens is 4. The van der Waals surface area contributed by atoms with E-state index < -0.39 is 0 Å². The number of benzene rings is 1. The summed E-state index contributed by atoms with van der Waals surface area (Å²) in [7, 11) is 0. The smallest absolute Gasteiger partial charge is 0.262 e. The molecule has 7 nitrogen and oxygen atoms in total. The number of nitrogens with zero attached hydrogens (tertiary/aromatic N) is 4. The minimum Gasteiger partial charge on any atom is -0.487 e. The Labute approximate surface area is 126 Å². The predicted octanol–water partition coefficient (Wildman–Crippen LogP) is 1.54. The van der Waals surface area contributed by atoms with E-state index in [4.69, 9.17) is 9.26 Å². The van der Waals surface area contributed by atoms with E-state index in [0.717, 1.165) is 24.4 Å². The van der Waals surface area contributed by atoms with Crippen LogP contribution in [0.4, 0.5) is 0 Å². The van der Waals surface area contributed by atoms with Gasteiger partial charge in [-0.05, 0) is 12.1 Å². The molecule has 0 bridgehead atoms. The molecule has 0 aliphatic carbocycles. The number of hydrogen-bond donors (Lipinski definition) is 1. The molecule has 0 atom stereocenters. The molecule has 1 aliphatic rings. The molecule has 1 N–H and O–H groups in total. The van der Waals surface area contributed by atoms with Gasteiger partial charge in [0.15, 0.2) is 0 Å². The third-order valence-corrected chi connectivity index (χ3v) is 3.37. The van der Waals surface area contributed by atoms with Crippen molar-refractivity contribution in [2.75, 3.05) is 13.1 Å². The Morgan fingerprint density at radius 1 is 1.18 bits per heavy atom. The average Bonchev–Trinajstić information content (AvgIpc) is 3.02. The van der Waals surface area contributed by atoms with E-state index in [1.165, 1.54) is 0 Å². The molecular weight excluding hydrogens is 282 g/mol. The molecule has 0 amide bonds. The topological polar surface area (TPSA) is 86.0 Å². The maximum atomic E-state index is 5.93. The van der Waals surface area contributed by atoms with Gasteiger partial charge in [0.05, 0.1) is 11.8 Å². The zero-order valence-electron chi connectivity index (χ0n) is 11.6. The van der Waals surface area contributed by atoms with Crippen LogP contribution in [0.15, 0.2) is 47.4 Å². The lowest BCUT2D eigenvalue weighted by molar-refractivity contribution is 0.142. The van der Waals surface area contributed by atoms with Gasteiger partial charge >= 0.3 is 0 Å². The zero-order chi connectivity index (χ0) is 14.8. The lowest BCUT2D eigenvalue weighted by Crippen LogP contribution is -2.50. The van der Waals surface area contributed by atoms with E-state index in [-0.39, 0.29) is 6.10 Å². The molecule has 1 aliphatic heterocycles. The molecule has 22 heavy (non-hydrogen) atoms. The Hall–Kier alpha value is -2.80. The van der Waals surface area contributed by atoms with Gasteiger partial charge in [-0.3, -0.25) is 4.98 Å². The van der Waals surface area contributed by atoms with Crippen LogP contribution in [-0.2, 0) is 0 Å². The highest BCUT2D eigenvalue weighted by molar-refractivity contribution is 5.64. The van der Waals surface area contributed by atoms with Crippen LogP contribution in [0.1, 0.15) is 0 Å². The number of para-hydroxylation sites is 1. The first-order valence-corrected chi connectivity index (χ1v) is 6.97. The molecule has 1 aromatic carbocycles. The van der Waals surface area contributed by atoms with Crippen molar-refractivity contribution in [3.05, 3.63) is 42.9 Å². The van der Waals surface area contributed by atoms with Crippen LogP contribution < -0.4 is 10.1 Å². The number of ether oxygens (including phenoxy) is 1. The van der Waals surface area contributed by atoms with Crippen molar-refractivity contribution in [1.29, 1.82) is 0 Å². The fourth-order valence-corrected chi connectivity index (χ4v) is 2.12. The minimum absolute atomic E-state index is 0.184. The summed E-state index contributed by atoms with van der Waals surface area (Å²) in [5.41, 5.74) is 1.34. The van der Waals surface area contributed by atoms with Crippen LogP contribution >= 0.6 is 0 Å². The first kappa shape index (κ1) is 12.9. The van der Waals surface area contributed by atoms with Gasteiger partial charge < -0.3 is 14.6 Å². The molecule has 4 rings (SSSR count). The number of nitrogens with one attached hydrogen (secondary N) is 1. The van der Waals surface area contributed by atoms with Gasteiger partial charge in [0, 0.05) is 25.5 Å². The average molecular weight is 295 g/mol. The van der Waals surface area contributed by atoms with Crippen molar-refractivity contribution in [2.24, 2.45) is 0 Å². The lowest BCUT2D eigenvalue weighted by Gasteiger charge is -2.28. The summed E-state index contributed by atoms with van der Waals surface area (Å²) in [6.07, 6.45) is 4.96. The summed E-state index contributed by atoms with van der Waals surface area (Å²) in [5.74, 6) is 1.55. The van der Waals surface area contributed by atoms with Gasteiger partial charge in [-0.15, -0.1) is 0 Å². The summed E-state index contributed by atoms with van der Waals surface area (Å²) in [4.78, 5) is 12.6. The molecule has 3 heterocycles. The Morgan fingerprint density at radius 2 is 2.09 bits per heavy atom. The van der Waals surface area contributed by atoms with Gasteiger partial charge in [0.2, 0.25) is 5.82 Å². The maximum absolute atomic E-state index is 5.93. The second-order valence-corrected chi connectivity index (χ2v) is 4.91. The summed E-state index contributed by atoms with van der Waals surface area (Å²) in [6.45, 7) is 1.70. The van der Waals surface area contributed by atoms with E-state index in [0.29, 0.717) is 17.4 Å². The number of rotatable bonds is 4. The van der Waals surface area contributed by atoms with Crippen LogP contribution in [0.3, 0.4) is 0 Å². The van der Waals surface area contributed by atoms with Crippen LogP contribution in [0.2, 0.25) is 0 Å². The Kier molecular flexibility index (Phi) is 3.24. The normalized spacial score (nSPS) is 14.5. The minimum atomic E-state index is 0.184. The van der Waals surface area contributed by atoms with Gasteiger partial charge in [-0.25, -0.2) is 4.98 Å². The van der Waals surface area contributed by atoms with E-state index in [1.807, 2.05) is 24.3 Å². The fourth-order valence-electron chi connectivity index (χ4n) is 2.12. The molecule has 0 radical (unpaired) electrons. The molecule has 0 spiro atoms. The molecule has 0 unspecified atom stereocenters. The first-order chi connectivity index (χ1) is 10.9. The highest BCUT2D eigenvalue weighted by Crippen LogP contribution is 2.30. The standard InChI is InChI=1S/C15H13N5O2/c1-2-4-13(21-10-7-17-8-10)11(3-1)15-19-14(20-22-15)12-9-16-5-6-18-12/h1-6,9-10,17H,7-8H2. The van der Waals surface area contributed by atoms with Crippen LogP contribution in [-0.4, -0.2) is 39.3 Å². The molecule has 1 saturated heterocycles. The number of hydrogen-bond acceptors (Lipinski definition) is 7. The quantitative estimate of drug-likeness (QED) is 0.781. The largest absolute Gasteiger partial charge is 0.487 e. The van der Waals surface area contributed by atoms with Crippen molar-refractivity contribution in [1.82, 2.24) is 25.4 Å². The summed E-state index contributed by atoms with van der Waals surface area (Å²) in [5, 5.41) is 7.14. The van der Waals surface area contributed by atoms with Crippen molar-refractivity contribution >= 4 is 0 Å². The maximum Gasteiger partial charge on any atom is 0.262 e. The van der Waals surface area contributed by atoms with Crippen LogP contribution in [0.25, 0.3) is 23.0 Å². The second kappa shape index (κ2) is 5.53. The zero-order valence-corrected chi connectivity index (χ0v) is 11.6. The molecule has 2 aromatic heterocycles. The molecule has 110 valence electrons. The first-order valence-electron chi connectivity index (χ1n) is 6.97. The third-order valence-electron chi connectivity index (χ3n) is 3.37. The molecule has 0 saturated carbocycles. The SMILES string of the molecule is c1ccc(-c2nc(-c3cnccn3)no2)c(OC2CNC2)c1. The van der Waals surface area contributed by atoms with Crippen molar-refractivity contribution in [2.45, 2.75) is 6.10 Å². The van der Waals surface area contributed by atoms with E-state index in [2.05, 4.69) is 25.4 Å². The summed E-state index contributed by atoms with van der Waals surface area (Å²) >= 11 is 0. The van der Waals surface area contributed by atoms with E-state index in [1.54, 1.807) is 18.6 Å². The third kappa shape index (κ3) is 2.42. The Morgan fingerprint density at radius 3 is 2.86 bits per heavy atom. The van der Waals surface area contributed by atoms with E-state index >= 15 is 0 Å². The van der Waals surface area contributed by atoms with Gasteiger partial charge in [-0.2, -0.15) is 4.98 Å². The predicted molar refractivity (Wildman–Crippen MR) is 78.0 cm³/mol. The van der Waals surface area contributed by atoms with Gasteiger partial charge in [0.1, 0.15) is 17.5 Å². The monoisotopic (exact) mass is 295 g/mol. The fraction of sp³-hybridized carbons (Fsp3) is 0.200. The van der Waals surface area contributed by atoms with Gasteiger partial charge in [0.25, 0.3) is 5.89 Å². The van der Waals surface area contributed by atoms with Crippen LogP contribution in [0, 0.1) is 0 Å². The second-order valence-electron chi connectivity index (χ2n) is 4.91. The highest BCUT2D eigenvalue weighted by Gasteiger charge is 2.21. The van der Waals surface area contributed by atoms with E-state index in [9.17, 15) is 0 Å². The van der Waals surface area contributed by atoms with Gasteiger partial charge in [-0.1, -0.05) is 17.3 Å². The molecule has 7 heteroatoms. The molecular formula is C15H13N5O2. The van der Waals surface area contributed by atoms with Crippen molar-refractivity contribution in [3.63, 3.8) is 0 Å². The Bertz CT molecular complexity index is 770. The molecule has 3 aromatic rings. The highest BCUT2D eigenvalue weighted by atomic mass is 16.5. The Balaban J connectivity index is 1.66. The van der Waals surface area contributed by atoms with Crippen molar-refractivity contribution in [3.8, 4) is 28.7 Å². The van der Waals surface area contributed by atoms with Crippen LogP contribution in [0.5, 0.6) is 5.75 Å². The molecule has 1 fully saturated rings. The van der Waals surface area contributed by atoms with Crippen molar-refractivity contribution < 1.29 is 9.26 Å². The lowest BCUT2D eigenvalue weighted by atomic mass is 10.2. The summed E-state index contributed by atoms with van der Waals surface area (Å²) < 4.78 is 11.3.